The normalized spacial score (nSPS) is 10.7. The molecule has 0 radical (unpaired) electrons. The molecule has 0 amide bonds. The van der Waals surface area contributed by atoms with Crippen LogP contribution in [-0.4, -0.2) is 6.47 Å². The van der Waals surface area contributed by atoms with Gasteiger partial charge in [-0.2, -0.15) is 0 Å². The molecule has 0 heterocycles. The topological polar surface area (TPSA) is 20.5 Å². The summed E-state index contributed by atoms with van der Waals surface area (Å²) >= 11 is 0. The molecule has 0 saturated heterocycles. The van der Waals surface area contributed by atoms with Crippen molar-refractivity contribution in [1.29, 1.82) is 0 Å². The summed E-state index contributed by atoms with van der Waals surface area (Å²) in [6.07, 6.45) is 0. The molecule has 0 N–H and O–H groups in total. The largest absolute Gasteiger partial charge is 0.499 e. The second kappa shape index (κ2) is 5.30. The Morgan fingerprint density at radius 1 is 0.824 bits per heavy atom. The predicted molar refractivity (Wildman–Crippen MR) is 68.1 cm³/mol. The minimum Gasteiger partial charge on any atom is -0.395 e. The van der Waals surface area contributed by atoms with E-state index >= 15 is 0 Å². The standard InChI is InChI=1S/C15H14O2/c1-12-3-7-14(8-4-12)16-11-17-15-9-5-13(2)6-10-15/h3-10H,1-2H3. The van der Waals surface area contributed by atoms with Crippen LogP contribution in [0.4, 0.5) is 0 Å². The first-order valence-electron chi connectivity index (χ1n) is 5.46. The van der Waals surface area contributed by atoms with Crippen molar-refractivity contribution in [3.8, 4) is 11.5 Å². The second-order valence-corrected chi connectivity index (χ2v) is 3.91. The number of ether oxygens (including phenoxy) is 1. The molecule has 17 heavy (non-hydrogen) atoms. The monoisotopic (exact) mass is 226 g/mol. The van der Waals surface area contributed by atoms with Gasteiger partial charge in [-0.25, -0.2) is 0 Å². The summed E-state index contributed by atoms with van der Waals surface area (Å²) in [4.78, 5) is 0. The van der Waals surface area contributed by atoms with E-state index in [1.807, 2.05) is 62.4 Å². The second-order valence-electron chi connectivity index (χ2n) is 3.91. The minimum atomic E-state index is 0.711. The highest BCUT2D eigenvalue weighted by Gasteiger charge is 1.93. The van der Waals surface area contributed by atoms with Gasteiger partial charge in [-0.3, -0.25) is 0 Å². The maximum atomic E-state index is 5.22. The van der Waals surface area contributed by atoms with E-state index < -0.39 is 0 Å². The van der Waals surface area contributed by atoms with E-state index in [0.29, 0.717) is 11.5 Å². The first kappa shape index (κ1) is 11.4. The Labute approximate surface area is 101 Å². The first-order valence-corrected chi connectivity index (χ1v) is 5.46. The van der Waals surface area contributed by atoms with Crippen molar-refractivity contribution in [3.05, 3.63) is 59.7 Å². The van der Waals surface area contributed by atoms with Gasteiger partial charge in [0.2, 0.25) is 0 Å². The SMILES string of the molecule is Cc1ccc(O[C-]=[O+]c2ccc(C)cc2)cc1. The van der Waals surface area contributed by atoms with Crippen LogP contribution in [0.3, 0.4) is 0 Å². The van der Waals surface area contributed by atoms with Crippen LogP contribution < -0.4 is 4.74 Å². The number of benzene rings is 2. The first-order chi connectivity index (χ1) is 8.24. The van der Waals surface area contributed by atoms with Crippen LogP contribution in [0.1, 0.15) is 11.1 Å². The molecule has 0 aliphatic rings. The lowest BCUT2D eigenvalue weighted by Gasteiger charge is -1.97. The summed E-state index contributed by atoms with van der Waals surface area (Å²) in [5.41, 5.74) is 2.38. The van der Waals surface area contributed by atoms with E-state index in [4.69, 9.17) is 9.16 Å². The van der Waals surface area contributed by atoms with Crippen LogP contribution in [0, 0.1) is 13.8 Å². The van der Waals surface area contributed by atoms with Crippen molar-refractivity contribution in [3.63, 3.8) is 0 Å². The van der Waals surface area contributed by atoms with Crippen molar-refractivity contribution in [2.75, 3.05) is 0 Å². The number of carbonyl (C=O) groups excluding carboxylic acids is 1. The lowest BCUT2D eigenvalue weighted by molar-refractivity contribution is 0.218. The average molecular weight is 226 g/mol. The Bertz CT molecular complexity index is 495. The van der Waals surface area contributed by atoms with Gasteiger partial charge in [0.25, 0.3) is 0 Å². The maximum absolute atomic E-state index is 5.22. The smallest absolute Gasteiger partial charge is 0.395 e. The molecular weight excluding hydrogens is 212 g/mol. The molecule has 2 aromatic carbocycles. The van der Waals surface area contributed by atoms with Crippen molar-refractivity contribution >= 4 is 6.47 Å². The highest BCUT2D eigenvalue weighted by molar-refractivity contribution is 5.48. The summed E-state index contributed by atoms with van der Waals surface area (Å²) in [7, 11) is 0. The third-order valence-corrected chi connectivity index (χ3v) is 2.36. The predicted octanol–water partition coefficient (Wildman–Crippen LogP) is 3.70. The summed E-state index contributed by atoms with van der Waals surface area (Å²) in [5, 5.41) is 0. The molecule has 0 atom stereocenters. The zero-order chi connectivity index (χ0) is 12.1. The quantitative estimate of drug-likeness (QED) is 0.577. The van der Waals surface area contributed by atoms with Crippen LogP contribution in [0.15, 0.2) is 48.5 Å². The van der Waals surface area contributed by atoms with Crippen LogP contribution in [-0.2, 0) is 4.42 Å². The van der Waals surface area contributed by atoms with Crippen molar-refractivity contribution in [2.24, 2.45) is 0 Å². The van der Waals surface area contributed by atoms with E-state index in [1.165, 1.54) is 11.1 Å². The number of rotatable bonds is 3. The van der Waals surface area contributed by atoms with Crippen molar-refractivity contribution in [1.82, 2.24) is 0 Å². The zero-order valence-electron chi connectivity index (χ0n) is 9.94. The molecule has 0 unspecified atom stereocenters. The number of aryl methyl sites for hydroxylation is 2. The Morgan fingerprint density at radius 3 is 1.94 bits per heavy atom. The van der Waals surface area contributed by atoms with E-state index in [2.05, 4.69) is 6.47 Å². The van der Waals surface area contributed by atoms with Gasteiger partial charge in [0.1, 0.15) is 11.5 Å². The average Bonchev–Trinajstić information content (AvgIpc) is 2.34. The summed E-state index contributed by atoms with van der Waals surface area (Å²) < 4.78 is 10.4. The molecule has 0 fully saturated rings. The van der Waals surface area contributed by atoms with Gasteiger partial charge in [0, 0.05) is 0 Å². The maximum Gasteiger partial charge on any atom is 0.499 e. The van der Waals surface area contributed by atoms with Gasteiger partial charge in [-0.05, 0) is 38.1 Å². The molecule has 0 aromatic heterocycles. The van der Waals surface area contributed by atoms with Crippen molar-refractivity contribution < 1.29 is 9.16 Å². The molecular formula is C15H14O2. The zero-order valence-corrected chi connectivity index (χ0v) is 9.94. The highest BCUT2D eigenvalue weighted by Crippen LogP contribution is 2.13. The van der Waals surface area contributed by atoms with E-state index in [-0.39, 0.29) is 0 Å². The Morgan fingerprint density at radius 2 is 1.35 bits per heavy atom. The fraction of sp³-hybridized carbons (Fsp3) is 0.133. The Balaban J connectivity index is 1.97. The van der Waals surface area contributed by atoms with Gasteiger partial charge in [0.05, 0.1) is 0 Å². The van der Waals surface area contributed by atoms with Crippen LogP contribution >= 0.6 is 0 Å². The van der Waals surface area contributed by atoms with E-state index in [1.54, 1.807) is 0 Å². The van der Waals surface area contributed by atoms with Gasteiger partial charge < -0.3 is 9.16 Å². The molecule has 0 aliphatic carbocycles. The van der Waals surface area contributed by atoms with Gasteiger partial charge in [-0.15, -0.1) is 0 Å². The minimum absolute atomic E-state index is 0.711. The van der Waals surface area contributed by atoms with Gasteiger partial charge >= 0.3 is 6.47 Å². The van der Waals surface area contributed by atoms with Gasteiger partial charge in [0.15, 0.2) is 0 Å². The van der Waals surface area contributed by atoms with Gasteiger partial charge in [-0.1, -0.05) is 35.4 Å². The highest BCUT2D eigenvalue weighted by atomic mass is 16.6. The Hall–Kier alpha value is -2.09. The number of hydrogen-bond acceptors (Lipinski definition) is 1. The number of hydrogen-bond donors (Lipinski definition) is 0. The molecule has 2 nitrogen and oxygen atoms in total. The molecule has 0 saturated carbocycles. The molecule has 0 spiro atoms. The fourth-order valence-electron chi connectivity index (χ4n) is 1.33. The summed E-state index contributed by atoms with van der Waals surface area (Å²) in [6.45, 7) is 6.51. The van der Waals surface area contributed by atoms with E-state index in [9.17, 15) is 0 Å². The third-order valence-electron chi connectivity index (χ3n) is 2.36. The van der Waals surface area contributed by atoms with E-state index in [0.717, 1.165) is 0 Å². The molecule has 86 valence electrons. The molecule has 0 bridgehead atoms. The summed E-state index contributed by atoms with van der Waals surface area (Å²) in [6, 6.07) is 15.4. The molecule has 0 aliphatic heterocycles. The molecule has 2 heteroatoms. The van der Waals surface area contributed by atoms with Crippen LogP contribution in [0.5, 0.6) is 11.5 Å². The van der Waals surface area contributed by atoms with Crippen molar-refractivity contribution in [2.45, 2.75) is 13.8 Å². The molecule has 2 aromatic rings. The fourth-order valence-corrected chi connectivity index (χ4v) is 1.33. The lowest BCUT2D eigenvalue weighted by atomic mass is 10.2. The van der Waals surface area contributed by atoms with Crippen LogP contribution in [0.25, 0.3) is 0 Å². The summed E-state index contributed by atoms with van der Waals surface area (Å²) in [5.74, 6) is 1.42. The third kappa shape index (κ3) is 3.45. The lowest BCUT2D eigenvalue weighted by Crippen LogP contribution is -1.90. The Kier molecular flexibility index (Phi) is 3.55. The molecule has 2 rings (SSSR count). The van der Waals surface area contributed by atoms with Crippen LogP contribution in [0.2, 0.25) is 0 Å².